The molecule has 0 unspecified atom stereocenters. The topological polar surface area (TPSA) is 79.6 Å². The van der Waals surface area contributed by atoms with Gasteiger partial charge in [0.1, 0.15) is 11.4 Å². The number of aromatic nitrogens is 3. The molecule has 5 rings (SSSR count). The van der Waals surface area contributed by atoms with Crippen LogP contribution < -0.4 is 5.32 Å². The molecule has 164 valence electrons. The molecule has 0 radical (unpaired) electrons. The number of halogens is 1. The number of carbonyl (C=O) groups excluding carboxylic acids is 2. The number of nitrogens with one attached hydrogen (secondary N) is 1. The molecule has 7 nitrogen and oxygen atoms in total. The zero-order valence-electron chi connectivity index (χ0n) is 17.5. The number of nitrogens with zero attached hydrogens (tertiary/aromatic N) is 4. The molecule has 1 aliphatic rings. The molecule has 1 aromatic carbocycles. The Morgan fingerprint density at radius 3 is 2.88 bits per heavy atom. The first-order valence-electron chi connectivity index (χ1n) is 10.2. The van der Waals surface area contributed by atoms with Gasteiger partial charge in [0, 0.05) is 29.7 Å². The average molecular weight is 486 g/mol. The van der Waals surface area contributed by atoms with E-state index in [1.54, 1.807) is 15.4 Å². The van der Waals surface area contributed by atoms with Gasteiger partial charge < -0.3 is 10.2 Å². The van der Waals surface area contributed by atoms with E-state index < -0.39 is 0 Å². The first-order chi connectivity index (χ1) is 15.4. The van der Waals surface area contributed by atoms with Gasteiger partial charge in [-0.1, -0.05) is 23.7 Å². The summed E-state index contributed by atoms with van der Waals surface area (Å²) >= 11 is 9.12. The number of carbonyl (C=O) groups is 2. The maximum atomic E-state index is 13.3. The molecule has 3 aromatic heterocycles. The molecule has 10 heteroatoms. The molecule has 0 aliphatic carbocycles. The van der Waals surface area contributed by atoms with Crippen LogP contribution >= 0.6 is 34.3 Å². The van der Waals surface area contributed by atoms with Gasteiger partial charge in [0.25, 0.3) is 11.8 Å². The Morgan fingerprint density at radius 1 is 1.28 bits per heavy atom. The Hall–Kier alpha value is -2.75. The summed E-state index contributed by atoms with van der Waals surface area (Å²) in [6.07, 6.45) is 2.68. The largest absolute Gasteiger partial charge is 0.349 e. The van der Waals surface area contributed by atoms with Crippen LogP contribution in [0.15, 0.2) is 35.8 Å². The third-order valence-corrected chi connectivity index (χ3v) is 7.59. The van der Waals surface area contributed by atoms with Crippen molar-refractivity contribution in [3.8, 4) is 10.4 Å². The first-order valence-corrected chi connectivity index (χ1v) is 12.2. The van der Waals surface area contributed by atoms with Crippen LogP contribution in [0, 0.1) is 13.8 Å². The lowest BCUT2D eigenvalue weighted by molar-refractivity contribution is 0.0451. The van der Waals surface area contributed by atoms with Crippen LogP contribution in [0.3, 0.4) is 0 Å². The monoisotopic (exact) mass is 485 g/mol. The van der Waals surface area contributed by atoms with Crippen molar-refractivity contribution in [2.24, 2.45) is 0 Å². The summed E-state index contributed by atoms with van der Waals surface area (Å²) in [6.45, 7) is 4.75. The Labute approximate surface area is 197 Å². The summed E-state index contributed by atoms with van der Waals surface area (Å²) in [4.78, 5) is 38.5. The number of thiazole rings is 2. The molecular formula is C22H20ClN5O2S2. The molecule has 1 aliphatic heterocycles. The van der Waals surface area contributed by atoms with Gasteiger partial charge >= 0.3 is 0 Å². The number of hydrogen-bond donors (Lipinski definition) is 1. The van der Waals surface area contributed by atoms with Crippen molar-refractivity contribution < 1.29 is 9.59 Å². The van der Waals surface area contributed by atoms with Gasteiger partial charge in [-0.15, -0.1) is 22.7 Å². The summed E-state index contributed by atoms with van der Waals surface area (Å²) in [7, 11) is 0. The summed E-state index contributed by atoms with van der Waals surface area (Å²) in [6, 6.07) is 7.39. The molecule has 32 heavy (non-hydrogen) atoms. The maximum absolute atomic E-state index is 13.3. The highest BCUT2D eigenvalue weighted by Gasteiger charge is 2.35. The second kappa shape index (κ2) is 8.31. The van der Waals surface area contributed by atoms with Gasteiger partial charge in [0.15, 0.2) is 4.96 Å². The van der Waals surface area contributed by atoms with Crippen molar-refractivity contribution in [3.63, 3.8) is 0 Å². The van der Waals surface area contributed by atoms with Crippen LogP contribution in [0.2, 0.25) is 5.02 Å². The van der Waals surface area contributed by atoms with Gasteiger partial charge in [0.2, 0.25) is 0 Å². The number of aryl methyl sites for hydroxylation is 2. The van der Waals surface area contributed by atoms with E-state index in [9.17, 15) is 9.59 Å². The fraction of sp³-hybridized carbons (Fsp3) is 0.273. The molecule has 4 aromatic rings. The summed E-state index contributed by atoms with van der Waals surface area (Å²) in [5.74, 6) is -0.299. The number of amides is 2. The van der Waals surface area contributed by atoms with Gasteiger partial charge in [-0.3, -0.25) is 14.0 Å². The lowest BCUT2D eigenvalue weighted by Gasteiger charge is -2.40. The number of likely N-dealkylation sites (tertiary alicyclic amines) is 1. The fourth-order valence-corrected chi connectivity index (χ4v) is 5.77. The number of hydrogen-bond acceptors (Lipinski definition) is 6. The minimum Gasteiger partial charge on any atom is -0.349 e. The molecule has 0 saturated carbocycles. The molecule has 1 fully saturated rings. The van der Waals surface area contributed by atoms with Crippen LogP contribution in [0.4, 0.5) is 0 Å². The Bertz CT molecular complexity index is 1340. The van der Waals surface area contributed by atoms with E-state index in [0.29, 0.717) is 35.2 Å². The highest BCUT2D eigenvalue weighted by atomic mass is 35.5. The number of benzene rings is 1. The number of fused-ring (bicyclic) bond motifs is 1. The average Bonchev–Trinajstić information content (AvgIpc) is 3.41. The summed E-state index contributed by atoms with van der Waals surface area (Å²) in [5, 5.41) is 6.32. The smallest absolute Gasteiger partial charge is 0.274 e. The normalized spacial score (nSPS) is 15.7. The van der Waals surface area contributed by atoms with Crippen molar-refractivity contribution in [1.29, 1.82) is 0 Å². The Balaban J connectivity index is 1.31. The van der Waals surface area contributed by atoms with Gasteiger partial charge in [-0.05, 0) is 38.0 Å². The quantitative estimate of drug-likeness (QED) is 0.453. The number of rotatable bonds is 5. The molecule has 1 atom stereocenters. The van der Waals surface area contributed by atoms with E-state index >= 15 is 0 Å². The van der Waals surface area contributed by atoms with Crippen LogP contribution in [-0.2, 0) is 0 Å². The molecule has 1 saturated heterocycles. The van der Waals surface area contributed by atoms with Crippen molar-refractivity contribution >= 4 is 51.0 Å². The third kappa shape index (κ3) is 3.70. The zero-order chi connectivity index (χ0) is 22.4. The minimum atomic E-state index is -0.184. The Kier molecular flexibility index (Phi) is 5.48. The molecule has 0 spiro atoms. The first kappa shape index (κ1) is 21.1. The van der Waals surface area contributed by atoms with E-state index in [-0.39, 0.29) is 17.9 Å². The zero-order valence-corrected chi connectivity index (χ0v) is 19.9. The lowest BCUT2D eigenvalue weighted by atomic mass is 10.0. The van der Waals surface area contributed by atoms with E-state index in [2.05, 4.69) is 15.3 Å². The maximum Gasteiger partial charge on any atom is 0.274 e. The highest BCUT2D eigenvalue weighted by Crippen LogP contribution is 2.34. The van der Waals surface area contributed by atoms with E-state index in [0.717, 1.165) is 26.8 Å². The van der Waals surface area contributed by atoms with Crippen LogP contribution in [0.1, 0.15) is 38.1 Å². The molecular weight excluding hydrogens is 466 g/mol. The predicted molar refractivity (Wildman–Crippen MR) is 127 cm³/mol. The molecule has 0 bridgehead atoms. The predicted octanol–water partition coefficient (Wildman–Crippen LogP) is 4.43. The summed E-state index contributed by atoms with van der Waals surface area (Å²) in [5.41, 5.74) is 2.56. The van der Waals surface area contributed by atoms with Gasteiger partial charge in [-0.25, -0.2) is 9.97 Å². The minimum absolute atomic E-state index is 0.0631. The van der Waals surface area contributed by atoms with Crippen molar-refractivity contribution in [2.75, 3.05) is 13.1 Å². The van der Waals surface area contributed by atoms with Crippen LogP contribution in [0.25, 0.3) is 15.4 Å². The molecule has 1 N–H and O–H groups in total. The second-order valence-corrected chi connectivity index (χ2v) is 10.2. The number of imidazole rings is 1. The van der Waals surface area contributed by atoms with E-state index in [1.165, 1.54) is 22.7 Å². The van der Waals surface area contributed by atoms with Gasteiger partial charge in [0.05, 0.1) is 21.6 Å². The van der Waals surface area contributed by atoms with Crippen molar-refractivity contribution in [1.82, 2.24) is 24.6 Å². The molecule has 2 amide bonds. The van der Waals surface area contributed by atoms with Crippen molar-refractivity contribution in [2.45, 2.75) is 26.3 Å². The fourth-order valence-electron chi connectivity index (χ4n) is 3.92. The third-order valence-electron chi connectivity index (χ3n) is 5.58. The SMILES string of the molecule is Cc1nc(C(=O)N2CC[C@@H]2CNC(=O)c2c(C)nc3sccn23)c(-c2cccc(Cl)c2)s1. The highest BCUT2D eigenvalue weighted by molar-refractivity contribution is 7.15. The van der Waals surface area contributed by atoms with Gasteiger partial charge in [-0.2, -0.15) is 0 Å². The lowest BCUT2D eigenvalue weighted by Crippen LogP contribution is -2.56. The second-order valence-electron chi connectivity index (χ2n) is 7.67. The van der Waals surface area contributed by atoms with Crippen molar-refractivity contribution in [3.05, 3.63) is 63.0 Å². The van der Waals surface area contributed by atoms with Crippen LogP contribution in [-0.4, -0.2) is 50.2 Å². The standard InChI is InChI=1S/C22H20ClN5O2S2/c1-12-18(28-8-9-31-22(28)25-12)20(29)24-11-16-6-7-27(16)21(30)17-19(32-13(2)26-17)14-4-3-5-15(23)10-14/h3-5,8-10,16H,6-7,11H2,1-2H3,(H,24,29)/t16-/m1/s1. The summed E-state index contributed by atoms with van der Waals surface area (Å²) < 4.78 is 1.80. The van der Waals surface area contributed by atoms with E-state index in [4.69, 9.17) is 11.6 Å². The molecule has 4 heterocycles. The van der Waals surface area contributed by atoms with E-state index in [1.807, 2.05) is 43.6 Å². The Morgan fingerprint density at radius 2 is 2.12 bits per heavy atom. The van der Waals surface area contributed by atoms with Crippen LogP contribution in [0.5, 0.6) is 0 Å².